The standard InChI is InChI=1S/C19H25FN4O5S/c1-3-4-16(29-22)18(25)23-13-5-6-15(20)14(9-13)19(2,11-30(26)27)24-17(21)12-7-8-28-10-12/h3-6,9,12H,1,7-8,10-11,22H2,2H3,(H2,21,24)(H,23,25)(H,26,27)/b16-4-/t12-,19+/m1/s1. The second-order valence-electron chi connectivity index (χ2n) is 6.87. The maximum atomic E-state index is 14.7. The molecule has 1 aliphatic rings. The fraction of sp³-hybridized carbons (Fsp3) is 0.368. The molecule has 11 heteroatoms. The minimum absolute atomic E-state index is 0.00696. The predicted octanol–water partition coefficient (Wildman–Crippen LogP) is 1.56. The fourth-order valence-corrected chi connectivity index (χ4v) is 3.74. The van der Waals surface area contributed by atoms with Crippen molar-refractivity contribution < 1.29 is 27.5 Å². The molecule has 0 aromatic heterocycles. The monoisotopic (exact) mass is 440 g/mol. The Morgan fingerprint density at radius 1 is 1.60 bits per heavy atom. The normalized spacial score (nSPS) is 20.3. The van der Waals surface area contributed by atoms with Gasteiger partial charge in [-0.05, 0) is 37.6 Å². The number of nitrogens with two attached hydrogens (primary N) is 2. The van der Waals surface area contributed by atoms with Gasteiger partial charge in [0.2, 0.25) is 5.76 Å². The van der Waals surface area contributed by atoms with Gasteiger partial charge in [-0.2, -0.15) is 5.90 Å². The van der Waals surface area contributed by atoms with Gasteiger partial charge >= 0.3 is 0 Å². The minimum atomic E-state index is -2.30. The lowest BCUT2D eigenvalue weighted by Gasteiger charge is -2.27. The average molecular weight is 440 g/mol. The number of anilines is 1. The van der Waals surface area contributed by atoms with E-state index in [0.29, 0.717) is 19.6 Å². The number of carbonyl (C=O) groups is 1. The maximum absolute atomic E-state index is 14.7. The smallest absolute Gasteiger partial charge is 0.293 e. The van der Waals surface area contributed by atoms with Gasteiger partial charge in [0.15, 0.2) is 11.1 Å². The molecular formula is C19H25FN4O5S. The van der Waals surface area contributed by atoms with Gasteiger partial charge in [0, 0.05) is 23.8 Å². The van der Waals surface area contributed by atoms with E-state index < -0.39 is 34.1 Å². The number of halogens is 1. The molecule has 0 spiro atoms. The van der Waals surface area contributed by atoms with Crippen molar-refractivity contribution in [3.8, 4) is 0 Å². The Kier molecular flexibility index (Phi) is 8.24. The summed E-state index contributed by atoms with van der Waals surface area (Å²) in [6.45, 7) is 5.86. The summed E-state index contributed by atoms with van der Waals surface area (Å²) in [7, 11) is 0. The van der Waals surface area contributed by atoms with Gasteiger partial charge in [-0.1, -0.05) is 12.7 Å². The van der Waals surface area contributed by atoms with E-state index in [1.807, 2.05) is 0 Å². The van der Waals surface area contributed by atoms with Crippen molar-refractivity contribution in [3.63, 3.8) is 0 Å². The number of rotatable bonds is 9. The second kappa shape index (κ2) is 10.4. The molecule has 1 amide bonds. The highest BCUT2D eigenvalue weighted by Gasteiger charge is 2.34. The van der Waals surface area contributed by atoms with Crippen molar-refractivity contribution in [2.24, 2.45) is 22.5 Å². The number of amides is 1. The molecule has 1 aromatic rings. The van der Waals surface area contributed by atoms with Crippen LogP contribution in [0.4, 0.5) is 10.1 Å². The summed E-state index contributed by atoms with van der Waals surface area (Å²) in [6, 6.07) is 3.77. The molecule has 6 N–H and O–H groups in total. The van der Waals surface area contributed by atoms with Crippen LogP contribution in [0.1, 0.15) is 18.9 Å². The summed E-state index contributed by atoms with van der Waals surface area (Å²) >= 11 is -2.30. The van der Waals surface area contributed by atoms with E-state index in [0.717, 1.165) is 6.07 Å². The molecule has 1 unspecified atom stereocenters. The lowest BCUT2D eigenvalue weighted by molar-refractivity contribution is -0.116. The highest BCUT2D eigenvalue weighted by atomic mass is 32.2. The van der Waals surface area contributed by atoms with Gasteiger partial charge in [0.05, 0.1) is 12.4 Å². The number of benzene rings is 1. The molecule has 164 valence electrons. The molecule has 9 nitrogen and oxygen atoms in total. The zero-order valence-corrected chi connectivity index (χ0v) is 17.3. The zero-order valence-electron chi connectivity index (χ0n) is 16.5. The number of hydrogen-bond acceptors (Lipinski definition) is 6. The predicted molar refractivity (Wildman–Crippen MR) is 112 cm³/mol. The van der Waals surface area contributed by atoms with Crippen LogP contribution in [0, 0.1) is 11.7 Å². The molecule has 0 bridgehead atoms. The summed E-state index contributed by atoms with van der Waals surface area (Å²) in [6.07, 6.45) is 3.23. The number of nitrogens with zero attached hydrogens (tertiary/aromatic N) is 1. The van der Waals surface area contributed by atoms with Crippen LogP contribution in [-0.4, -0.2) is 39.5 Å². The molecule has 0 radical (unpaired) electrons. The van der Waals surface area contributed by atoms with Crippen LogP contribution in [0.2, 0.25) is 0 Å². The molecular weight excluding hydrogens is 415 g/mol. The van der Waals surface area contributed by atoms with Crippen LogP contribution in [0.3, 0.4) is 0 Å². The Morgan fingerprint density at radius 2 is 2.33 bits per heavy atom. The molecule has 1 heterocycles. The van der Waals surface area contributed by atoms with Crippen LogP contribution in [0.15, 0.2) is 47.7 Å². The summed E-state index contributed by atoms with van der Waals surface area (Å²) in [5.74, 6) is 3.15. The third-order valence-electron chi connectivity index (χ3n) is 4.55. The van der Waals surface area contributed by atoms with Gasteiger partial charge in [0.1, 0.15) is 17.2 Å². The van der Waals surface area contributed by atoms with Gasteiger partial charge in [-0.25, -0.2) is 8.60 Å². The number of amidine groups is 1. The Balaban J connectivity index is 2.43. The lowest BCUT2D eigenvalue weighted by atomic mass is 9.93. The van der Waals surface area contributed by atoms with E-state index in [2.05, 4.69) is 21.7 Å². The summed E-state index contributed by atoms with van der Waals surface area (Å²) in [5.41, 5.74) is 4.83. The zero-order chi connectivity index (χ0) is 22.3. The Morgan fingerprint density at radius 3 is 2.90 bits per heavy atom. The quantitative estimate of drug-likeness (QED) is 0.0865. The Bertz CT molecular complexity index is 886. The first-order valence-electron chi connectivity index (χ1n) is 9.01. The molecule has 1 saturated heterocycles. The molecule has 0 saturated carbocycles. The highest BCUT2D eigenvalue weighted by molar-refractivity contribution is 7.79. The van der Waals surface area contributed by atoms with Gasteiger partial charge in [0.25, 0.3) is 5.91 Å². The molecule has 1 aliphatic heterocycles. The van der Waals surface area contributed by atoms with Crippen molar-refractivity contribution >= 4 is 28.5 Å². The number of aliphatic imine (C=N–C) groups is 1. The Hall–Kier alpha value is -2.60. The van der Waals surface area contributed by atoms with Crippen LogP contribution in [0.25, 0.3) is 0 Å². The third-order valence-corrected chi connectivity index (χ3v) is 5.36. The van der Waals surface area contributed by atoms with E-state index >= 15 is 0 Å². The topological polar surface area (TPSA) is 149 Å². The molecule has 30 heavy (non-hydrogen) atoms. The van der Waals surface area contributed by atoms with Crippen molar-refractivity contribution in [1.82, 2.24) is 0 Å². The summed E-state index contributed by atoms with van der Waals surface area (Å²) in [5, 5.41) is 2.51. The van der Waals surface area contributed by atoms with E-state index in [-0.39, 0.29) is 28.8 Å². The summed E-state index contributed by atoms with van der Waals surface area (Å²) in [4.78, 5) is 21.1. The number of ether oxygens (including phenoxy) is 1. The first kappa shape index (κ1) is 23.7. The average Bonchev–Trinajstić information content (AvgIpc) is 3.21. The molecule has 0 aliphatic carbocycles. The van der Waals surface area contributed by atoms with E-state index in [1.54, 1.807) is 0 Å². The van der Waals surface area contributed by atoms with E-state index in [9.17, 15) is 17.9 Å². The fourth-order valence-electron chi connectivity index (χ4n) is 3.04. The SMILES string of the molecule is C=C/C=C(\ON)C(=O)Nc1ccc(F)c([C@](C)(CS(=O)O)N=C(N)[C@@H]2CCOC2)c1. The second-order valence-corrected chi connectivity index (χ2v) is 7.80. The number of carbonyl (C=O) groups excluding carboxylic acids is 1. The number of nitrogens with one attached hydrogen (secondary N) is 1. The maximum Gasteiger partial charge on any atom is 0.293 e. The van der Waals surface area contributed by atoms with Gasteiger partial charge in [-0.3, -0.25) is 9.79 Å². The van der Waals surface area contributed by atoms with Crippen LogP contribution < -0.4 is 16.9 Å². The minimum Gasteiger partial charge on any atom is -0.406 e. The first-order chi connectivity index (χ1) is 14.2. The summed E-state index contributed by atoms with van der Waals surface area (Å²) < 4.78 is 41.1. The number of allylic oxidation sites excluding steroid dienone is 2. The third kappa shape index (κ3) is 5.95. The van der Waals surface area contributed by atoms with Crippen molar-refractivity contribution in [2.45, 2.75) is 18.9 Å². The largest absolute Gasteiger partial charge is 0.406 e. The van der Waals surface area contributed by atoms with Crippen LogP contribution in [0.5, 0.6) is 0 Å². The van der Waals surface area contributed by atoms with Gasteiger partial charge < -0.3 is 25.2 Å². The van der Waals surface area contributed by atoms with E-state index in [1.165, 1.54) is 31.2 Å². The molecule has 3 atom stereocenters. The highest BCUT2D eigenvalue weighted by Crippen LogP contribution is 2.32. The van der Waals surface area contributed by atoms with Crippen molar-refractivity contribution in [3.05, 3.63) is 54.1 Å². The molecule has 1 fully saturated rings. The van der Waals surface area contributed by atoms with E-state index in [4.69, 9.17) is 16.4 Å². The molecule has 1 aromatic carbocycles. The van der Waals surface area contributed by atoms with Crippen molar-refractivity contribution in [1.29, 1.82) is 0 Å². The van der Waals surface area contributed by atoms with Crippen LogP contribution >= 0.6 is 0 Å². The Labute approximate surface area is 176 Å². The lowest BCUT2D eigenvalue weighted by Crippen LogP contribution is -2.34. The van der Waals surface area contributed by atoms with Gasteiger partial charge in [-0.15, -0.1) is 0 Å². The molecule has 2 rings (SSSR count). The first-order valence-corrected chi connectivity index (χ1v) is 10.3. The number of hydrogen-bond donors (Lipinski definition) is 4. The van der Waals surface area contributed by atoms with Crippen LogP contribution in [-0.2, 0) is 31.0 Å². The van der Waals surface area contributed by atoms with Crippen molar-refractivity contribution in [2.75, 3.05) is 24.3 Å².